The zero-order chi connectivity index (χ0) is 18.8. The molecule has 2 aromatic heterocycles. The monoisotopic (exact) mass is 385 g/mol. The number of hydrogen-bond acceptors (Lipinski definition) is 6. The molecule has 3 heterocycles. The molecule has 1 saturated heterocycles. The Kier molecular flexibility index (Phi) is 4.81. The van der Waals surface area contributed by atoms with E-state index >= 15 is 0 Å². The number of ether oxygens (including phenoxy) is 2. The zero-order valence-electron chi connectivity index (χ0n) is 14.8. The molecule has 7 nitrogen and oxygen atoms in total. The number of amides is 1. The maximum absolute atomic E-state index is 12.5. The number of fused-ring (bicyclic) bond motifs is 1. The summed E-state index contributed by atoms with van der Waals surface area (Å²) in [6.45, 7) is 1.10. The van der Waals surface area contributed by atoms with Gasteiger partial charge in [-0.2, -0.15) is 0 Å². The van der Waals surface area contributed by atoms with E-state index in [4.69, 9.17) is 9.47 Å². The minimum atomic E-state index is -0.356. The Hall–Kier alpha value is -2.87. The highest BCUT2D eigenvalue weighted by Gasteiger charge is 2.26. The fraction of sp³-hybridized carbons (Fsp3) is 0.316. The molecule has 0 saturated carbocycles. The van der Waals surface area contributed by atoms with Gasteiger partial charge in [-0.15, -0.1) is 0 Å². The number of likely N-dealkylation sites (tertiary alicyclic amines) is 1. The molecule has 1 aliphatic rings. The van der Waals surface area contributed by atoms with Crippen molar-refractivity contribution >= 4 is 27.5 Å². The van der Waals surface area contributed by atoms with E-state index in [1.165, 1.54) is 17.5 Å². The second kappa shape index (κ2) is 7.40. The summed E-state index contributed by atoms with van der Waals surface area (Å²) in [5.74, 6) is 0.558. The number of aromatic amines is 1. The number of carbonyl (C=O) groups is 1. The first kappa shape index (κ1) is 17.5. The SMILES string of the molecule is COc1ccc2nc(OC3CCN(C(=O)c4ccc[nH]c4=O)CC3)sc2c1. The second-order valence-corrected chi connectivity index (χ2v) is 7.33. The summed E-state index contributed by atoms with van der Waals surface area (Å²) >= 11 is 1.49. The van der Waals surface area contributed by atoms with Crippen molar-refractivity contribution in [2.75, 3.05) is 20.2 Å². The third-order valence-electron chi connectivity index (χ3n) is 4.62. The number of nitrogens with zero attached hydrogens (tertiary/aromatic N) is 2. The van der Waals surface area contributed by atoms with E-state index in [0.29, 0.717) is 31.1 Å². The average molecular weight is 385 g/mol. The molecule has 0 atom stereocenters. The molecule has 0 radical (unpaired) electrons. The molecule has 1 aromatic carbocycles. The Morgan fingerprint density at radius 2 is 2.11 bits per heavy atom. The summed E-state index contributed by atoms with van der Waals surface area (Å²) in [6.07, 6.45) is 2.93. The van der Waals surface area contributed by atoms with Gasteiger partial charge >= 0.3 is 0 Å². The van der Waals surface area contributed by atoms with E-state index in [9.17, 15) is 9.59 Å². The predicted molar refractivity (Wildman–Crippen MR) is 103 cm³/mol. The Balaban J connectivity index is 1.39. The zero-order valence-corrected chi connectivity index (χ0v) is 15.6. The van der Waals surface area contributed by atoms with Crippen molar-refractivity contribution in [3.05, 3.63) is 52.4 Å². The quantitative estimate of drug-likeness (QED) is 0.746. The van der Waals surface area contributed by atoms with Crippen molar-refractivity contribution in [1.29, 1.82) is 0 Å². The van der Waals surface area contributed by atoms with Crippen molar-refractivity contribution < 1.29 is 14.3 Å². The molecule has 1 N–H and O–H groups in total. The molecular weight excluding hydrogens is 366 g/mol. The molecule has 8 heteroatoms. The lowest BCUT2D eigenvalue weighted by Gasteiger charge is -2.31. The van der Waals surface area contributed by atoms with Crippen LogP contribution in [0.5, 0.6) is 10.9 Å². The van der Waals surface area contributed by atoms with Gasteiger partial charge in [-0.05, 0) is 30.3 Å². The molecule has 4 rings (SSSR count). The Labute approximate surface area is 159 Å². The molecule has 1 fully saturated rings. The van der Waals surface area contributed by atoms with E-state index in [0.717, 1.165) is 16.0 Å². The Bertz CT molecular complexity index is 1020. The van der Waals surface area contributed by atoms with Crippen LogP contribution in [0, 0.1) is 0 Å². The number of carbonyl (C=O) groups excluding carboxylic acids is 1. The van der Waals surface area contributed by atoms with Crippen LogP contribution in [0.25, 0.3) is 10.2 Å². The highest BCUT2D eigenvalue weighted by molar-refractivity contribution is 7.20. The molecule has 3 aromatic rings. The first-order chi connectivity index (χ1) is 13.1. The van der Waals surface area contributed by atoms with Crippen molar-refractivity contribution in [2.45, 2.75) is 18.9 Å². The van der Waals surface area contributed by atoms with Crippen LogP contribution in [0.1, 0.15) is 23.2 Å². The lowest BCUT2D eigenvalue weighted by molar-refractivity contribution is 0.0594. The molecule has 0 aliphatic carbocycles. The van der Waals surface area contributed by atoms with Gasteiger partial charge in [-0.25, -0.2) is 4.98 Å². The van der Waals surface area contributed by atoms with Gasteiger partial charge in [0.15, 0.2) is 0 Å². The van der Waals surface area contributed by atoms with E-state index in [-0.39, 0.29) is 23.1 Å². The van der Waals surface area contributed by atoms with Crippen LogP contribution in [0.15, 0.2) is 41.3 Å². The highest BCUT2D eigenvalue weighted by Crippen LogP contribution is 2.32. The maximum Gasteiger partial charge on any atom is 0.274 e. The lowest BCUT2D eigenvalue weighted by Crippen LogP contribution is -2.43. The Morgan fingerprint density at radius 3 is 2.85 bits per heavy atom. The van der Waals surface area contributed by atoms with Gasteiger partial charge < -0.3 is 19.4 Å². The molecular formula is C19H19N3O4S. The normalized spacial score (nSPS) is 15.1. The van der Waals surface area contributed by atoms with Gasteiger partial charge in [0.2, 0.25) is 0 Å². The molecule has 0 spiro atoms. The summed E-state index contributed by atoms with van der Waals surface area (Å²) < 4.78 is 12.3. The second-order valence-electron chi connectivity index (χ2n) is 6.34. The van der Waals surface area contributed by atoms with Gasteiger partial charge in [-0.3, -0.25) is 9.59 Å². The van der Waals surface area contributed by atoms with Crippen LogP contribution in [-0.2, 0) is 0 Å². The summed E-state index contributed by atoms with van der Waals surface area (Å²) in [4.78, 5) is 33.1. The van der Waals surface area contributed by atoms with Gasteiger partial charge in [0.05, 0.1) is 17.3 Å². The first-order valence-electron chi connectivity index (χ1n) is 8.72. The minimum Gasteiger partial charge on any atom is -0.497 e. The molecule has 0 bridgehead atoms. The van der Waals surface area contributed by atoms with E-state index in [2.05, 4.69) is 9.97 Å². The summed E-state index contributed by atoms with van der Waals surface area (Å²) in [5, 5.41) is 0.627. The van der Waals surface area contributed by atoms with Gasteiger partial charge in [0.1, 0.15) is 17.4 Å². The number of rotatable bonds is 4. The van der Waals surface area contributed by atoms with Crippen molar-refractivity contribution in [3.63, 3.8) is 0 Å². The summed E-state index contributed by atoms with van der Waals surface area (Å²) in [7, 11) is 1.64. The van der Waals surface area contributed by atoms with Crippen LogP contribution < -0.4 is 15.0 Å². The van der Waals surface area contributed by atoms with Crippen LogP contribution in [-0.4, -0.2) is 47.1 Å². The number of piperidine rings is 1. The van der Waals surface area contributed by atoms with Gasteiger partial charge in [-0.1, -0.05) is 11.3 Å². The highest BCUT2D eigenvalue weighted by atomic mass is 32.1. The number of hydrogen-bond donors (Lipinski definition) is 1. The maximum atomic E-state index is 12.5. The minimum absolute atomic E-state index is 0.00515. The fourth-order valence-corrected chi connectivity index (χ4v) is 4.05. The van der Waals surface area contributed by atoms with E-state index in [1.54, 1.807) is 24.1 Å². The number of aromatic nitrogens is 2. The fourth-order valence-electron chi connectivity index (χ4n) is 3.14. The summed E-state index contributed by atoms with van der Waals surface area (Å²) in [6, 6.07) is 8.95. The number of pyridine rings is 1. The van der Waals surface area contributed by atoms with Crippen LogP contribution in [0.4, 0.5) is 0 Å². The first-order valence-corrected chi connectivity index (χ1v) is 9.54. The van der Waals surface area contributed by atoms with Crippen molar-refractivity contribution in [3.8, 4) is 10.9 Å². The van der Waals surface area contributed by atoms with Crippen LogP contribution >= 0.6 is 11.3 Å². The molecule has 1 amide bonds. The largest absolute Gasteiger partial charge is 0.497 e. The third-order valence-corrected chi connectivity index (χ3v) is 5.53. The number of H-pyrrole nitrogens is 1. The number of nitrogens with one attached hydrogen (secondary N) is 1. The third kappa shape index (κ3) is 3.66. The lowest BCUT2D eigenvalue weighted by atomic mass is 10.1. The van der Waals surface area contributed by atoms with Gasteiger partial charge in [0.25, 0.3) is 16.7 Å². The summed E-state index contributed by atoms with van der Waals surface area (Å²) in [5.41, 5.74) is 0.703. The predicted octanol–water partition coefficient (Wildman–Crippen LogP) is 2.68. The standard InChI is InChI=1S/C19H19N3O4S/c1-25-13-4-5-15-16(11-13)27-19(21-15)26-12-6-9-22(10-7-12)18(24)14-3-2-8-20-17(14)23/h2-5,8,11-12H,6-7,9-10H2,1H3,(H,20,23). The number of benzene rings is 1. The van der Waals surface area contributed by atoms with E-state index in [1.807, 2.05) is 18.2 Å². The average Bonchev–Trinajstić information content (AvgIpc) is 3.09. The molecule has 1 aliphatic heterocycles. The molecule has 0 unspecified atom stereocenters. The molecule has 27 heavy (non-hydrogen) atoms. The number of methoxy groups -OCH3 is 1. The van der Waals surface area contributed by atoms with E-state index < -0.39 is 0 Å². The van der Waals surface area contributed by atoms with Crippen LogP contribution in [0.2, 0.25) is 0 Å². The molecule has 140 valence electrons. The van der Waals surface area contributed by atoms with Crippen molar-refractivity contribution in [2.24, 2.45) is 0 Å². The van der Waals surface area contributed by atoms with Crippen molar-refractivity contribution in [1.82, 2.24) is 14.9 Å². The van der Waals surface area contributed by atoms with Gasteiger partial charge in [0, 0.05) is 32.1 Å². The topological polar surface area (TPSA) is 84.5 Å². The van der Waals surface area contributed by atoms with Crippen LogP contribution in [0.3, 0.4) is 0 Å². The number of thiazole rings is 1. The smallest absolute Gasteiger partial charge is 0.274 e. The Morgan fingerprint density at radius 1 is 1.30 bits per heavy atom.